The van der Waals surface area contributed by atoms with Crippen LogP contribution < -0.4 is 11.1 Å². The molecule has 1 aliphatic rings. The maximum absolute atomic E-state index is 6.05. The van der Waals surface area contributed by atoms with Crippen molar-refractivity contribution in [1.29, 1.82) is 0 Å². The van der Waals surface area contributed by atoms with Crippen LogP contribution >= 0.6 is 24.0 Å². The minimum absolute atomic E-state index is 0. The van der Waals surface area contributed by atoms with Crippen LogP contribution in [-0.4, -0.2) is 68.2 Å². The highest BCUT2D eigenvalue weighted by Gasteiger charge is 2.09. The highest BCUT2D eigenvalue weighted by Crippen LogP contribution is 2.10. The van der Waals surface area contributed by atoms with E-state index in [0.717, 1.165) is 78.4 Å². The average molecular weight is 552 g/mol. The van der Waals surface area contributed by atoms with Crippen LogP contribution in [0.25, 0.3) is 0 Å². The Bertz CT molecular complexity index is 712. The van der Waals surface area contributed by atoms with E-state index in [1.165, 1.54) is 11.1 Å². The van der Waals surface area contributed by atoms with Crippen molar-refractivity contribution in [2.75, 3.05) is 52.5 Å². The third kappa shape index (κ3) is 10.8. The SMILES string of the molecule is I.NC(=NCCCN(Cc1ccccc1)Cc1ccccc1)NCCCN1CCOCC1. The minimum Gasteiger partial charge on any atom is -0.379 e. The first-order valence-electron chi connectivity index (χ1n) is 11.4. The number of hydrogen-bond donors (Lipinski definition) is 2. The smallest absolute Gasteiger partial charge is 0.188 e. The third-order valence-electron chi connectivity index (χ3n) is 5.47. The van der Waals surface area contributed by atoms with Crippen molar-refractivity contribution in [1.82, 2.24) is 15.1 Å². The van der Waals surface area contributed by atoms with Gasteiger partial charge in [0.05, 0.1) is 13.2 Å². The first-order chi connectivity index (χ1) is 15.3. The predicted molar refractivity (Wildman–Crippen MR) is 143 cm³/mol. The summed E-state index contributed by atoms with van der Waals surface area (Å²) in [6, 6.07) is 21.3. The molecular weight excluding hydrogens is 513 g/mol. The number of nitrogens with one attached hydrogen (secondary N) is 1. The molecule has 0 aliphatic carbocycles. The molecule has 1 heterocycles. The Hall–Kier alpha value is -1.68. The summed E-state index contributed by atoms with van der Waals surface area (Å²) in [6.07, 6.45) is 2.05. The van der Waals surface area contributed by atoms with Crippen molar-refractivity contribution in [3.05, 3.63) is 71.8 Å². The monoisotopic (exact) mass is 551 g/mol. The van der Waals surface area contributed by atoms with Gasteiger partial charge in [-0.3, -0.25) is 14.8 Å². The summed E-state index contributed by atoms with van der Waals surface area (Å²) in [4.78, 5) is 9.43. The maximum atomic E-state index is 6.05. The van der Waals surface area contributed by atoms with Gasteiger partial charge in [-0.1, -0.05) is 60.7 Å². The second kappa shape index (κ2) is 16.0. The van der Waals surface area contributed by atoms with E-state index < -0.39 is 0 Å². The zero-order valence-electron chi connectivity index (χ0n) is 19.0. The van der Waals surface area contributed by atoms with E-state index in [-0.39, 0.29) is 24.0 Å². The Morgan fingerprint density at radius 3 is 2.12 bits per heavy atom. The topological polar surface area (TPSA) is 66.1 Å². The van der Waals surface area contributed by atoms with Gasteiger partial charge in [0.25, 0.3) is 0 Å². The Morgan fingerprint density at radius 2 is 1.53 bits per heavy atom. The number of guanidine groups is 1. The van der Waals surface area contributed by atoms with Crippen molar-refractivity contribution in [2.45, 2.75) is 25.9 Å². The summed E-state index contributed by atoms with van der Waals surface area (Å²) in [7, 11) is 0. The molecule has 6 nitrogen and oxygen atoms in total. The number of ether oxygens (including phenoxy) is 1. The maximum Gasteiger partial charge on any atom is 0.188 e. The second-order valence-corrected chi connectivity index (χ2v) is 8.04. The lowest BCUT2D eigenvalue weighted by Crippen LogP contribution is -2.39. The van der Waals surface area contributed by atoms with Crippen LogP contribution in [0.3, 0.4) is 0 Å². The number of nitrogens with two attached hydrogens (primary N) is 1. The number of halogens is 1. The molecule has 3 N–H and O–H groups in total. The fraction of sp³-hybridized carbons (Fsp3) is 0.480. The van der Waals surface area contributed by atoms with Crippen molar-refractivity contribution < 1.29 is 4.74 Å². The average Bonchev–Trinajstić information content (AvgIpc) is 2.81. The van der Waals surface area contributed by atoms with E-state index in [9.17, 15) is 0 Å². The fourth-order valence-electron chi connectivity index (χ4n) is 3.79. The molecule has 1 fully saturated rings. The zero-order valence-corrected chi connectivity index (χ0v) is 21.3. The quantitative estimate of drug-likeness (QED) is 0.184. The predicted octanol–water partition coefficient (Wildman–Crippen LogP) is 3.32. The molecule has 176 valence electrons. The van der Waals surface area contributed by atoms with Gasteiger partial charge < -0.3 is 15.8 Å². The van der Waals surface area contributed by atoms with Crippen LogP contribution in [-0.2, 0) is 17.8 Å². The van der Waals surface area contributed by atoms with E-state index >= 15 is 0 Å². The van der Waals surface area contributed by atoms with Crippen LogP contribution in [0, 0.1) is 0 Å². The van der Waals surface area contributed by atoms with Crippen LogP contribution in [0.2, 0.25) is 0 Å². The Balaban J connectivity index is 0.00000363. The largest absolute Gasteiger partial charge is 0.379 e. The normalized spacial score (nSPS) is 14.8. The molecule has 7 heteroatoms. The molecule has 32 heavy (non-hydrogen) atoms. The Kier molecular flexibility index (Phi) is 13.3. The lowest BCUT2D eigenvalue weighted by molar-refractivity contribution is 0.0376. The number of benzene rings is 2. The molecule has 1 saturated heterocycles. The molecule has 0 radical (unpaired) electrons. The molecule has 0 aromatic heterocycles. The summed E-state index contributed by atoms with van der Waals surface area (Å²) >= 11 is 0. The van der Waals surface area contributed by atoms with Crippen molar-refractivity contribution in [3.63, 3.8) is 0 Å². The number of hydrogen-bond acceptors (Lipinski definition) is 4. The van der Waals surface area contributed by atoms with Crippen molar-refractivity contribution in [3.8, 4) is 0 Å². The standard InChI is InChI=1S/C25H37N5O.HI/c26-25(27-13-7-15-29-17-19-31-20-18-29)28-14-8-16-30(21-23-9-3-1-4-10-23)22-24-11-5-2-6-12-24;/h1-6,9-12H,7-8,13-22H2,(H3,26,27,28);1H. The molecule has 0 unspecified atom stereocenters. The number of aliphatic imine (C=N–C) groups is 1. The summed E-state index contributed by atoms with van der Waals surface area (Å²) in [6.45, 7) is 9.31. The Morgan fingerprint density at radius 1 is 0.938 bits per heavy atom. The van der Waals surface area contributed by atoms with Gasteiger partial charge in [0, 0.05) is 45.8 Å². The van der Waals surface area contributed by atoms with Gasteiger partial charge in [-0.25, -0.2) is 0 Å². The lowest BCUT2D eigenvalue weighted by atomic mass is 10.1. The molecule has 2 aromatic rings. The first-order valence-corrected chi connectivity index (χ1v) is 11.4. The number of nitrogens with zero attached hydrogens (tertiary/aromatic N) is 3. The summed E-state index contributed by atoms with van der Waals surface area (Å²) in [5.74, 6) is 0.555. The van der Waals surface area contributed by atoms with Gasteiger partial charge in [0.15, 0.2) is 5.96 Å². The van der Waals surface area contributed by atoms with Gasteiger partial charge in [-0.2, -0.15) is 0 Å². The number of rotatable bonds is 12. The van der Waals surface area contributed by atoms with Gasteiger partial charge in [0.1, 0.15) is 0 Å². The van der Waals surface area contributed by atoms with E-state index in [4.69, 9.17) is 10.5 Å². The van der Waals surface area contributed by atoms with Crippen LogP contribution in [0.1, 0.15) is 24.0 Å². The fourth-order valence-corrected chi connectivity index (χ4v) is 3.79. The molecule has 0 amide bonds. The summed E-state index contributed by atoms with van der Waals surface area (Å²) in [5.41, 5.74) is 8.72. The molecule has 3 rings (SSSR count). The van der Waals surface area contributed by atoms with Gasteiger partial charge in [0.2, 0.25) is 0 Å². The lowest BCUT2D eigenvalue weighted by Gasteiger charge is -2.26. The summed E-state index contributed by atoms with van der Waals surface area (Å²) in [5, 5.41) is 3.25. The van der Waals surface area contributed by atoms with Crippen molar-refractivity contribution in [2.24, 2.45) is 10.7 Å². The van der Waals surface area contributed by atoms with Gasteiger partial charge in [-0.15, -0.1) is 24.0 Å². The molecule has 0 atom stereocenters. The summed E-state index contributed by atoms with van der Waals surface area (Å²) < 4.78 is 5.38. The van der Waals surface area contributed by atoms with Gasteiger partial charge >= 0.3 is 0 Å². The second-order valence-electron chi connectivity index (χ2n) is 8.04. The molecule has 1 aliphatic heterocycles. The van der Waals surface area contributed by atoms with Crippen LogP contribution in [0.5, 0.6) is 0 Å². The van der Waals surface area contributed by atoms with E-state index in [0.29, 0.717) is 5.96 Å². The molecule has 0 spiro atoms. The zero-order chi connectivity index (χ0) is 21.6. The molecule has 0 saturated carbocycles. The van der Waals surface area contributed by atoms with E-state index in [1.807, 2.05) is 0 Å². The highest BCUT2D eigenvalue weighted by atomic mass is 127. The van der Waals surface area contributed by atoms with Crippen LogP contribution in [0.15, 0.2) is 65.7 Å². The first kappa shape index (κ1) is 26.6. The van der Waals surface area contributed by atoms with Crippen LogP contribution in [0.4, 0.5) is 0 Å². The number of morpholine rings is 1. The highest BCUT2D eigenvalue weighted by molar-refractivity contribution is 14.0. The van der Waals surface area contributed by atoms with Gasteiger partial charge in [-0.05, 0) is 30.5 Å². The van der Waals surface area contributed by atoms with E-state index in [2.05, 4.69) is 80.8 Å². The van der Waals surface area contributed by atoms with Crippen molar-refractivity contribution >= 4 is 29.9 Å². The molecular formula is C25H38IN5O. The Labute approximate surface area is 210 Å². The molecule has 0 bridgehead atoms. The van der Waals surface area contributed by atoms with E-state index in [1.54, 1.807) is 0 Å². The minimum atomic E-state index is 0. The molecule has 2 aromatic carbocycles. The third-order valence-corrected chi connectivity index (χ3v) is 5.47.